The summed E-state index contributed by atoms with van der Waals surface area (Å²) < 4.78 is 37.2. The molecule has 1 N–H and O–H groups in total. The molecule has 0 aromatic heterocycles. The predicted molar refractivity (Wildman–Crippen MR) is 84.8 cm³/mol. The van der Waals surface area contributed by atoms with Crippen LogP contribution in [0.25, 0.3) is 0 Å². The fourth-order valence-electron chi connectivity index (χ4n) is 2.55. The number of hydrogen-bond donors (Lipinski definition) is 1. The second-order valence-electron chi connectivity index (χ2n) is 5.92. The molecule has 4 nitrogen and oxygen atoms in total. The third-order valence-electron chi connectivity index (χ3n) is 3.76. The summed E-state index contributed by atoms with van der Waals surface area (Å²) in [4.78, 5) is 0. The van der Waals surface area contributed by atoms with E-state index in [1.807, 2.05) is 6.66 Å². The van der Waals surface area contributed by atoms with Crippen LogP contribution < -0.4 is 0 Å². The van der Waals surface area contributed by atoms with E-state index < -0.39 is 17.2 Å². The Bertz CT molecular complexity index is 329. The van der Waals surface area contributed by atoms with E-state index in [4.69, 9.17) is 3.97 Å². The molecular weight excluding hydrogens is 283 g/mol. The molecule has 0 atom stereocenters. The Labute approximate surface area is 119 Å². The maximum atomic E-state index is 11.3. The van der Waals surface area contributed by atoms with Crippen molar-refractivity contribution in [3.05, 3.63) is 0 Å². The third kappa shape index (κ3) is 7.60. The van der Waals surface area contributed by atoms with Gasteiger partial charge in [0.1, 0.15) is 0 Å². The molecule has 0 aliphatic heterocycles. The van der Waals surface area contributed by atoms with Gasteiger partial charge in [0.2, 0.25) is 0 Å². The van der Waals surface area contributed by atoms with Gasteiger partial charge in [-0.1, -0.05) is 0 Å². The Balaban J connectivity index is 5.27. The first-order valence-corrected chi connectivity index (χ1v) is 11.9. The van der Waals surface area contributed by atoms with Crippen LogP contribution in [0.15, 0.2) is 0 Å². The van der Waals surface area contributed by atoms with Gasteiger partial charge < -0.3 is 0 Å². The van der Waals surface area contributed by atoms with Crippen LogP contribution in [-0.2, 0) is 14.4 Å². The van der Waals surface area contributed by atoms with Crippen LogP contribution in [0.2, 0.25) is 0 Å². The SMILES string of the molecule is CCCCP(C)(CCCC)(CCCC)OS(=O)(=O)O. The molecule has 0 heterocycles. The Kier molecular flexibility index (Phi) is 8.04. The van der Waals surface area contributed by atoms with E-state index in [9.17, 15) is 13.0 Å². The van der Waals surface area contributed by atoms with Gasteiger partial charge in [-0.25, -0.2) is 0 Å². The van der Waals surface area contributed by atoms with E-state index in [2.05, 4.69) is 20.8 Å². The summed E-state index contributed by atoms with van der Waals surface area (Å²) in [5.74, 6) is 0. The molecule has 0 saturated carbocycles. The van der Waals surface area contributed by atoms with Crippen LogP contribution in [0.1, 0.15) is 59.3 Å². The Morgan fingerprint density at radius 2 is 1.21 bits per heavy atom. The molecule has 0 radical (unpaired) electrons. The molecular formula is C13H31O4PS. The van der Waals surface area contributed by atoms with Crippen molar-refractivity contribution in [2.75, 3.05) is 25.2 Å². The van der Waals surface area contributed by atoms with Gasteiger partial charge in [0.05, 0.1) is 0 Å². The zero-order chi connectivity index (χ0) is 15.0. The summed E-state index contributed by atoms with van der Waals surface area (Å²) >= 11 is 0. The average Bonchev–Trinajstić information content (AvgIpc) is 2.30. The van der Waals surface area contributed by atoms with E-state index in [0.29, 0.717) is 0 Å². The van der Waals surface area contributed by atoms with E-state index in [0.717, 1.165) is 57.0 Å². The summed E-state index contributed by atoms with van der Waals surface area (Å²) in [5, 5.41) is 0. The molecule has 0 rings (SSSR count). The van der Waals surface area contributed by atoms with E-state index in [1.54, 1.807) is 0 Å². The molecule has 118 valence electrons. The minimum atomic E-state index is -4.37. The molecule has 0 unspecified atom stereocenters. The zero-order valence-corrected chi connectivity index (χ0v) is 14.6. The quantitative estimate of drug-likeness (QED) is 0.456. The normalized spacial score (nSPS) is 15.1. The van der Waals surface area contributed by atoms with Gasteiger partial charge in [0.25, 0.3) is 0 Å². The monoisotopic (exact) mass is 314 g/mol. The number of unbranched alkanes of at least 4 members (excludes halogenated alkanes) is 3. The molecule has 0 aliphatic rings. The van der Waals surface area contributed by atoms with Crippen LogP contribution in [0.4, 0.5) is 0 Å². The van der Waals surface area contributed by atoms with Gasteiger partial charge in [-0.2, -0.15) is 0 Å². The van der Waals surface area contributed by atoms with Crippen molar-refractivity contribution in [2.45, 2.75) is 59.3 Å². The van der Waals surface area contributed by atoms with Gasteiger partial charge in [0, 0.05) is 0 Å². The van der Waals surface area contributed by atoms with Crippen molar-refractivity contribution in [3.63, 3.8) is 0 Å². The minimum absolute atomic E-state index is 0.794. The Hall–Kier alpha value is 0.300. The molecule has 0 fully saturated rings. The van der Waals surface area contributed by atoms with E-state index in [-0.39, 0.29) is 0 Å². The first kappa shape index (κ1) is 19.3. The zero-order valence-electron chi connectivity index (χ0n) is 12.9. The molecule has 0 saturated heterocycles. The van der Waals surface area contributed by atoms with Gasteiger partial charge in [-0.15, -0.1) is 0 Å². The maximum absolute atomic E-state index is 11.3. The summed E-state index contributed by atoms with van der Waals surface area (Å²) in [5.41, 5.74) is 0. The van der Waals surface area contributed by atoms with Gasteiger partial charge in [0.15, 0.2) is 0 Å². The first-order chi connectivity index (χ1) is 8.69. The Morgan fingerprint density at radius 3 is 1.42 bits per heavy atom. The number of hydrogen-bond acceptors (Lipinski definition) is 3. The summed E-state index contributed by atoms with van der Waals surface area (Å²) in [6.45, 7) is 5.46. The van der Waals surface area contributed by atoms with Crippen LogP contribution in [0.3, 0.4) is 0 Å². The van der Waals surface area contributed by atoms with Crippen molar-refractivity contribution in [1.82, 2.24) is 0 Å². The van der Waals surface area contributed by atoms with Crippen molar-refractivity contribution in [2.24, 2.45) is 0 Å². The molecule has 0 bridgehead atoms. The second-order valence-corrected chi connectivity index (χ2v) is 13.1. The van der Waals surface area contributed by atoms with Crippen molar-refractivity contribution in [1.29, 1.82) is 0 Å². The third-order valence-corrected chi connectivity index (χ3v) is 11.1. The molecule has 0 aromatic carbocycles. The molecule has 19 heavy (non-hydrogen) atoms. The fourth-order valence-corrected chi connectivity index (χ4v) is 10.1. The molecule has 0 aromatic rings. The number of rotatable bonds is 11. The first-order valence-electron chi connectivity index (χ1n) is 7.38. The summed E-state index contributed by atoms with van der Waals surface area (Å²) in [7, 11) is -4.37. The van der Waals surface area contributed by atoms with Gasteiger partial charge >= 0.3 is 119 Å². The summed E-state index contributed by atoms with van der Waals surface area (Å²) in [6, 6.07) is 0. The van der Waals surface area contributed by atoms with E-state index in [1.165, 1.54) is 0 Å². The van der Waals surface area contributed by atoms with Crippen molar-refractivity contribution in [3.8, 4) is 0 Å². The van der Waals surface area contributed by atoms with Crippen molar-refractivity contribution < 1.29 is 16.9 Å². The van der Waals surface area contributed by atoms with Crippen LogP contribution in [0.5, 0.6) is 0 Å². The predicted octanol–water partition coefficient (Wildman–Crippen LogP) is 4.30. The van der Waals surface area contributed by atoms with Crippen molar-refractivity contribution >= 4 is 17.2 Å². The molecule has 0 amide bonds. The van der Waals surface area contributed by atoms with Crippen LogP contribution in [-0.4, -0.2) is 38.1 Å². The Morgan fingerprint density at radius 1 is 0.895 bits per heavy atom. The fraction of sp³-hybridized carbons (Fsp3) is 1.00. The van der Waals surface area contributed by atoms with Crippen LogP contribution in [0, 0.1) is 0 Å². The molecule has 0 spiro atoms. The molecule has 0 aliphatic carbocycles. The summed E-state index contributed by atoms with van der Waals surface area (Å²) in [6.07, 6.45) is 8.29. The average molecular weight is 314 g/mol. The van der Waals surface area contributed by atoms with Crippen LogP contribution >= 0.6 is 6.83 Å². The van der Waals surface area contributed by atoms with Gasteiger partial charge in [-0.3, -0.25) is 0 Å². The van der Waals surface area contributed by atoms with E-state index >= 15 is 0 Å². The second kappa shape index (κ2) is 7.92. The topological polar surface area (TPSA) is 63.6 Å². The molecule has 6 heteroatoms. The standard InChI is InChI=1S/C13H31O4PS/c1-5-8-11-18(4,12-9-6-2,13-10-7-3)17-19(14,15)16/h5-13H2,1-4H3,(H,14,15,16). The van der Waals surface area contributed by atoms with Gasteiger partial charge in [-0.05, 0) is 0 Å².